The SMILES string of the molecule is C[C@@H](O)[C@H](N)C(=O)O[C@H](C)[C@H](N)C(=O)O. The number of aliphatic hydroxyl groups excluding tert-OH is 1. The normalized spacial score (nSPS) is 18.7. The van der Waals surface area contributed by atoms with E-state index in [4.69, 9.17) is 21.7 Å². The molecule has 0 unspecified atom stereocenters. The van der Waals surface area contributed by atoms with E-state index in [1.54, 1.807) is 0 Å². The predicted octanol–water partition coefficient (Wildman–Crippen LogP) is -1.96. The molecule has 0 aromatic heterocycles. The maximum atomic E-state index is 11.2. The fourth-order valence-corrected chi connectivity index (χ4v) is 0.733. The molecular weight excluding hydrogens is 204 g/mol. The van der Waals surface area contributed by atoms with E-state index in [1.165, 1.54) is 13.8 Å². The highest BCUT2D eigenvalue weighted by molar-refractivity contribution is 5.78. The molecule has 0 aliphatic rings. The van der Waals surface area contributed by atoms with Crippen molar-refractivity contribution in [1.82, 2.24) is 0 Å². The first-order chi connectivity index (χ1) is 6.77. The highest BCUT2D eigenvalue weighted by Gasteiger charge is 2.27. The number of ether oxygens (including phenoxy) is 1. The second kappa shape index (κ2) is 5.64. The third-order valence-corrected chi connectivity index (χ3v) is 1.88. The Bertz CT molecular complexity index is 243. The highest BCUT2D eigenvalue weighted by atomic mass is 16.5. The molecule has 7 heteroatoms. The Morgan fingerprint density at radius 1 is 1.20 bits per heavy atom. The number of carbonyl (C=O) groups excluding carboxylic acids is 1. The Kier molecular flexibility index (Phi) is 5.20. The number of rotatable bonds is 5. The summed E-state index contributed by atoms with van der Waals surface area (Å²) in [5.41, 5.74) is 10.5. The first kappa shape index (κ1) is 13.8. The molecule has 0 radical (unpaired) electrons. The van der Waals surface area contributed by atoms with Gasteiger partial charge in [-0.1, -0.05) is 0 Å². The minimum Gasteiger partial charge on any atom is -0.480 e. The van der Waals surface area contributed by atoms with Crippen LogP contribution < -0.4 is 11.5 Å². The average Bonchev–Trinajstić information content (AvgIpc) is 2.14. The van der Waals surface area contributed by atoms with Crippen LogP contribution in [0.2, 0.25) is 0 Å². The van der Waals surface area contributed by atoms with E-state index in [0.717, 1.165) is 0 Å². The molecule has 0 amide bonds. The van der Waals surface area contributed by atoms with Crippen molar-refractivity contribution >= 4 is 11.9 Å². The van der Waals surface area contributed by atoms with Crippen LogP contribution in [0.25, 0.3) is 0 Å². The van der Waals surface area contributed by atoms with Crippen LogP contribution in [0.1, 0.15) is 13.8 Å². The van der Waals surface area contributed by atoms with E-state index >= 15 is 0 Å². The quantitative estimate of drug-likeness (QED) is 0.395. The molecule has 0 aromatic carbocycles. The number of esters is 1. The molecule has 4 atom stereocenters. The largest absolute Gasteiger partial charge is 0.480 e. The molecule has 0 fully saturated rings. The molecule has 0 bridgehead atoms. The Hall–Kier alpha value is -1.18. The Morgan fingerprint density at radius 3 is 2.00 bits per heavy atom. The standard InChI is InChI=1S/C8H16N2O5/c1-3(11)5(9)8(14)15-4(2)6(10)7(12)13/h3-6,11H,9-10H2,1-2H3,(H,12,13)/t3-,4-,5+,6+/m1/s1. The first-order valence-electron chi connectivity index (χ1n) is 4.40. The van der Waals surface area contributed by atoms with E-state index in [9.17, 15) is 9.59 Å². The number of hydrogen-bond acceptors (Lipinski definition) is 6. The van der Waals surface area contributed by atoms with Crippen molar-refractivity contribution in [2.24, 2.45) is 11.5 Å². The lowest BCUT2D eigenvalue weighted by Gasteiger charge is -2.20. The van der Waals surface area contributed by atoms with Crippen LogP contribution in [0.5, 0.6) is 0 Å². The van der Waals surface area contributed by atoms with Gasteiger partial charge in [0.2, 0.25) is 0 Å². The summed E-state index contributed by atoms with van der Waals surface area (Å²) in [7, 11) is 0. The van der Waals surface area contributed by atoms with Gasteiger partial charge in [0.05, 0.1) is 6.10 Å². The fourth-order valence-electron chi connectivity index (χ4n) is 0.733. The number of aliphatic hydroxyl groups is 1. The van der Waals surface area contributed by atoms with E-state index in [1.807, 2.05) is 0 Å². The average molecular weight is 220 g/mol. The van der Waals surface area contributed by atoms with Crippen molar-refractivity contribution < 1.29 is 24.5 Å². The highest BCUT2D eigenvalue weighted by Crippen LogP contribution is 2.01. The fraction of sp³-hybridized carbons (Fsp3) is 0.750. The zero-order valence-electron chi connectivity index (χ0n) is 8.58. The minimum absolute atomic E-state index is 0.880. The Morgan fingerprint density at radius 2 is 1.67 bits per heavy atom. The summed E-state index contributed by atoms with van der Waals surface area (Å²) < 4.78 is 4.67. The van der Waals surface area contributed by atoms with E-state index < -0.39 is 36.2 Å². The van der Waals surface area contributed by atoms with Gasteiger partial charge in [-0.3, -0.25) is 9.59 Å². The molecule has 0 aromatic rings. The maximum Gasteiger partial charge on any atom is 0.325 e. The summed E-state index contributed by atoms with van der Waals surface area (Å²) in [6, 6.07) is -2.51. The topological polar surface area (TPSA) is 136 Å². The molecule has 0 saturated carbocycles. The van der Waals surface area contributed by atoms with Gasteiger partial charge in [0.1, 0.15) is 18.2 Å². The van der Waals surface area contributed by atoms with Gasteiger partial charge in [-0.25, -0.2) is 0 Å². The predicted molar refractivity (Wildman–Crippen MR) is 50.8 cm³/mol. The number of hydrogen-bond donors (Lipinski definition) is 4. The van der Waals surface area contributed by atoms with Crippen molar-refractivity contribution in [3.8, 4) is 0 Å². The summed E-state index contributed by atoms with van der Waals surface area (Å²) in [6.07, 6.45) is -2.06. The molecule has 6 N–H and O–H groups in total. The third-order valence-electron chi connectivity index (χ3n) is 1.88. The second-order valence-electron chi connectivity index (χ2n) is 3.27. The van der Waals surface area contributed by atoms with Gasteiger partial charge in [0.15, 0.2) is 0 Å². The minimum atomic E-state index is -1.31. The van der Waals surface area contributed by atoms with Crippen molar-refractivity contribution in [3.05, 3.63) is 0 Å². The van der Waals surface area contributed by atoms with Gasteiger partial charge in [0, 0.05) is 0 Å². The van der Waals surface area contributed by atoms with Crippen LogP contribution in [0.3, 0.4) is 0 Å². The number of carboxylic acids is 1. The van der Waals surface area contributed by atoms with Gasteiger partial charge in [-0.2, -0.15) is 0 Å². The van der Waals surface area contributed by atoms with Crippen molar-refractivity contribution in [2.45, 2.75) is 38.1 Å². The summed E-state index contributed by atoms with van der Waals surface area (Å²) in [6.45, 7) is 2.67. The smallest absolute Gasteiger partial charge is 0.325 e. The molecular formula is C8H16N2O5. The molecule has 88 valence electrons. The maximum absolute atomic E-state index is 11.2. The van der Waals surface area contributed by atoms with Crippen LogP contribution in [-0.2, 0) is 14.3 Å². The summed E-state index contributed by atoms with van der Waals surface area (Å²) in [5, 5.41) is 17.5. The van der Waals surface area contributed by atoms with Crippen LogP contribution in [-0.4, -0.2) is 46.4 Å². The lowest BCUT2D eigenvalue weighted by molar-refractivity contribution is -0.156. The molecule has 0 rings (SSSR count). The van der Waals surface area contributed by atoms with Gasteiger partial charge < -0.3 is 26.4 Å². The Balaban J connectivity index is 4.24. The van der Waals surface area contributed by atoms with Gasteiger partial charge in [-0.05, 0) is 13.8 Å². The van der Waals surface area contributed by atoms with Gasteiger partial charge >= 0.3 is 11.9 Å². The molecule has 0 saturated heterocycles. The molecule has 0 aliphatic heterocycles. The van der Waals surface area contributed by atoms with Gasteiger partial charge in [0.25, 0.3) is 0 Å². The lowest BCUT2D eigenvalue weighted by atomic mass is 10.2. The molecule has 0 spiro atoms. The number of nitrogens with two attached hydrogens (primary N) is 2. The van der Waals surface area contributed by atoms with Crippen molar-refractivity contribution in [2.75, 3.05) is 0 Å². The molecule has 15 heavy (non-hydrogen) atoms. The van der Waals surface area contributed by atoms with Crippen LogP contribution >= 0.6 is 0 Å². The van der Waals surface area contributed by atoms with E-state index in [0.29, 0.717) is 0 Å². The van der Waals surface area contributed by atoms with Crippen LogP contribution in [0.15, 0.2) is 0 Å². The first-order valence-corrected chi connectivity index (χ1v) is 4.40. The van der Waals surface area contributed by atoms with E-state index in [-0.39, 0.29) is 0 Å². The third kappa shape index (κ3) is 4.24. The monoisotopic (exact) mass is 220 g/mol. The Labute approximate surface area is 87.0 Å². The number of carboxylic acid groups (broad SMARTS) is 1. The summed E-state index contributed by atoms with van der Waals surface area (Å²) >= 11 is 0. The summed E-state index contributed by atoms with van der Waals surface area (Å²) in [4.78, 5) is 21.6. The lowest BCUT2D eigenvalue weighted by Crippen LogP contribution is -2.47. The van der Waals surface area contributed by atoms with E-state index in [2.05, 4.69) is 4.74 Å². The molecule has 0 aliphatic carbocycles. The number of aliphatic carboxylic acids is 1. The zero-order chi connectivity index (χ0) is 12.2. The van der Waals surface area contributed by atoms with Crippen LogP contribution in [0.4, 0.5) is 0 Å². The van der Waals surface area contributed by atoms with Gasteiger partial charge in [-0.15, -0.1) is 0 Å². The second-order valence-corrected chi connectivity index (χ2v) is 3.27. The summed E-state index contributed by atoms with van der Waals surface area (Å²) in [5.74, 6) is -2.16. The number of carbonyl (C=O) groups is 2. The van der Waals surface area contributed by atoms with Crippen LogP contribution in [0, 0.1) is 0 Å². The van der Waals surface area contributed by atoms with Crippen molar-refractivity contribution in [1.29, 1.82) is 0 Å². The van der Waals surface area contributed by atoms with Crippen molar-refractivity contribution in [3.63, 3.8) is 0 Å². The molecule has 7 nitrogen and oxygen atoms in total. The zero-order valence-corrected chi connectivity index (χ0v) is 8.58. The molecule has 0 heterocycles.